The zero-order chi connectivity index (χ0) is 28.8. The average molecular weight is 553 g/mol. The van der Waals surface area contributed by atoms with E-state index < -0.39 is 0 Å². The highest BCUT2D eigenvalue weighted by atomic mass is 15.2. The lowest BCUT2D eigenvalue weighted by molar-refractivity contribution is 1.19. The molecule has 204 valence electrons. The Morgan fingerprint density at radius 2 is 1.35 bits per heavy atom. The fourth-order valence-corrected chi connectivity index (χ4v) is 6.13. The highest BCUT2D eigenvalue weighted by Crippen LogP contribution is 2.39. The van der Waals surface area contributed by atoms with Crippen LogP contribution in [0.25, 0.3) is 55.1 Å². The van der Waals surface area contributed by atoms with Crippen molar-refractivity contribution in [1.82, 2.24) is 15.0 Å². The second kappa shape index (κ2) is 10.3. The number of fused-ring (bicyclic) bond motifs is 4. The predicted molar refractivity (Wildman–Crippen MR) is 179 cm³/mol. The molecule has 0 spiro atoms. The van der Waals surface area contributed by atoms with Crippen LogP contribution in [-0.2, 0) is 0 Å². The first-order chi connectivity index (χ1) is 21.2. The molecule has 0 aliphatic rings. The van der Waals surface area contributed by atoms with Crippen LogP contribution in [0.1, 0.15) is 5.56 Å². The Bertz CT molecular complexity index is 2260. The topological polar surface area (TPSA) is 44.8 Å². The van der Waals surface area contributed by atoms with E-state index in [1.54, 1.807) is 0 Å². The molecule has 0 aliphatic heterocycles. The smallest absolute Gasteiger partial charge is 0.137 e. The summed E-state index contributed by atoms with van der Waals surface area (Å²) in [6.07, 6.45) is 1.84. The van der Waals surface area contributed by atoms with Gasteiger partial charge in [0, 0.05) is 44.7 Å². The van der Waals surface area contributed by atoms with Crippen molar-refractivity contribution in [1.29, 1.82) is 0 Å². The molecule has 0 radical (unpaired) electrons. The lowest BCUT2D eigenvalue weighted by atomic mass is 10.0. The number of anilines is 3. The quantitative estimate of drug-likeness (QED) is 0.231. The number of hydrogen-bond acceptors (Lipinski definition) is 3. The highest BCUT2D eigenvalue weighted by Gasteiger charge is 2.18. The van der Waals surface area contributed by atoms with Gasteiger partial charge in [-0.25, -0.2) is 9.97 Å². The molecule has 0 aliphatic carbocycles. The van der Waals surface area contributed by atoms with Gasteiger partial charge in [-0.3, -0.25) is 4.90 Å². The van der Waals surface area contributed by atoms with Crippen LogP contribution in [0.15, 0.2) is 146 Å². The van der Waals surface area contributed by atoms with Gasteiger partial charge in [0.2, 0.25) is 0 Å². The van der Waals surface area contributed by atoms with Gasteiger partial charge in [-0.2, -0.15) is 0 Å². The summed E-state index contributed by atoms with van der Waals surface area (Å²) in [4.78, 5) is 15.9. The Morgan fingerprint density at radius 1 is 0.605 bits per heavy atom. The summed E-state index contributed by atoms with van der Waals surface area (Å²) in [5.74, 6) is 0.861. The molecule has 0 unspecified atom stereocenters. The molecular formula is C39H28N4. The number of H-pyrrole nitrogens is 1. The van der Waals surface area contributed by atoms with E-state index in [1.165, 1.54) is 21.5 Å². The number of pyridine rings is 2. The fraction of sp³-hybridized carbons (Fsp3) is 0.0256. The zero-order valence-corrected chi connectivity index (χ0v) is 23.7. The normalized spacial score (nSPS) is 11.4. The summed E-state index contributed by atoms with van der Waals surface area (Å²) < 4.78 is 0. The van der Waals surface area contributed by atoms with Crippen LogP contribution >= 0.6 is 0 Å². The summed E-state index contributed by atoms with van der Waals surface area (Å²) in [7, 11) is 0. The van der Waals surface area contributed by atoms with E-state index in [-0.39, 0.29) is 0 Å². The maximum absolute atomic E-state index is 5.24. The molecule has 0 saturated heterocycles. The second-order valence-corrected chi connectivity index (χ2v) is 10.9. The van der Waals surface area contributed by atoms with Gasteiger partial charge in [0.25, 0.3) is 0 Å². The van der Waals surface area contributed by atoms with Gasteiger partial charge in [-0.15, -0.1) is 0 Å². The summed E-state index contributed by atoms with van der Waals surface area (Å²) in [5.41, 5.74) is 9.54. The molecule has 43 heavy (non-hydrogen) atoms. The molecule has 4 heteroatoms. The number of nitrogens with zero attached hydrogens (tertiary/aromatic N) is 3. The molecule has 3 heterocycles. The lowest BCUT2D eigenvalue weighted by Gasteiger charge is -2.26. The Hall–Kier alpha value is -5.74. The molecule has 0 amide bonds. The number of aromatic amines is 1. The van der Waals surface area contributed by atoms with Crippen molar-refractivity contribution < 1.29 is 0 Å². The molecule has 3 aromatic heterocycles. The SMILES string of the molecule is Cc1cc(-c2cccc(N(c3ccccn3)c3cccc4ccccc34)c2)nc(-c2cccc3c2[nH]c2ccccc23)c1. The van der Waals surface area contributed by atoms with Crippen molar-refractivity contribution in [3.8, 4) is 22.5 Å². The molecule has 0 bridgehead atoms. The van der Waals surface area contributed by atoms with E-state index in [0.29, 0.717) is 0 Å². The van der Waals surface area contributed by atoms with E-state index >= 15 is 0 Å². The van der Waals surface area contributed by atoms with Crippen LogP contribution < -0.4 is 4.90 Å². The number of hydrogen-bond donors (Lipinski definition) is 1. The molecule has 8 aromatic rings. The van der Waals surface area contributed by atoms with E-state index in [1.807, 2.05) is 18.3 Å². The number of nitrogens with one attached hydrogen (secondary N) is 1. The van der Waals surface area contributed by atoms with E-state index in [9.17, 15) is 0 Å². The van der Waals surface area contributed by atoms with Gasteiger partial charge in [0.15, 0.2) is 0 Å². The maximum atomic E-state index is 5.24. The average Bonchev–Trinajstić information content (AvgIpc) is 3.44. The van der Waals surface area contributed by atoms with Gasteiger partial charge < -0.3 is 4.98 Å². The number of aromatic nitrogens is 3. The maximum Gasteiger partial charge on any atom is 0.137 e. The molecule has 5 aromatic carbocycles. The van der Waals surface area contributed by atoms with Crippen LogP contribution in [0.3, 0.4) is 0 Å². The summed E-state index contributed by atoms with van der Waals surface area (Å²) >= 11 is 0. The molecule has 0 saturated carbocycles. The summed E-state index contributed by atoms with van der Waals surface area (Å²) in [6, 6.07) is 48.8. The molecule has 0 fully saturated rings. The minimum Gasteiger partial charge on any atom is -0.354 e. The highest BCUT2D eigenvalue weighted by molar-refractivity contribution is 6.11. The Labute approximate surface area is 249 Å². The summed E-state index contributed by atoms with van der Waals surface area (Å²) in [5, 5.41) is 4.79. The number of benzene rings is 5. The standard InChI is InChI=1S/C39H28N4/c1-26-23-35(41-36(24-26)33-18-10-17-32-31-16-4-5-19-34(31)42-39(32)33)28-13-8-14-29(25-28)43(38-21-6-7-22-40-38)37-20-9-12-27-11-2-3-15-30(27)37/h2-25,42H,1H3. The Balaban J connectivity index is 1.28. The molecule has 0 atom stereocenters. The monoisotopic (exact) mass is 552 g/mol. The van der Waals surface area contributed by atoms with Crippen LogP contribution in [0.4, 0.5) is 17.2 Å². The van der Waals surface area contributed by atoms with Crippen molar-refractivity contribution in [2.75, 3.05) is 4.90 Å². The van der Waals surface area contributed by atoms with Crippen molar-refractivity contribution in [2.45, 2.75) is 6.92 Å². The summed E-state index contributed by atoms with van der Waals surface area (Å²) in [6.45, 7) is 2.14. The van der Waals surface area contributed by atoms with Gasteiger partial charge in [-0.1, -0.05) is 91.0 Å². The van der Waals surface area contributed by atoms with Gasteiger partial charge in [0.05, 0.1) is 22.6 Å². The van der Waals surface area contributed by atoms with Crippen molar-refractivity contribution in [2.24, 2.45) is 0 Å². The minimum atomic E-state index is 0.861. The minimum absolute atomic E-state index is 0.861. The van der Waals surface area contributed by atoms with Gasteiger partial charge in [-0.05, 0) is 66.4 Å². The van der Waals surface area contributed by atoms with Gasteiger partial charge >= 0.3 is 0 Å². The van der Waals surface area contributed by atoms with E-state index in [2.05, 4.69) is 144 Å². The predicted octanol–water partition coefficient (Wildman–Crippen LogP) is 10.4. The van der Waals surface area contributed by atoms with Crippen molar-refractivity contribution in [3.63, 3.8) is 0 Å². The zero-order valence-electron chi connectivity index (χ0n) is 23.7. The van der Waals surface area contributed by atoms with E-state index in [4.69, 9.17) is 9.97 Å². The Morgan fingerprint density at radius 3 is 2.26 bits per heavy atom. The first kappa shape index (κ1) is 25.0. The van der Waals surface area contributed by atoms with Crippen molar-refractivity contribution in [3.05, 3.63) is 151 Å². The lowest BCUT2D eigenvalue weighted by Crippen LogP contribution is -2.12. The second-order valence-electron chi connectivity index (χ2n) is 10.9. The fourth-order valence-electron chi connectivity index (χ4n) is 6.13. The molecule has 1 N–H and O–H groups in total. The molecular weight excluding hydrogens is 524 g/mol. The van der Waals surface area contributed by atoms with Crippen LogP contribution in [0, 0.1) is 6.92 Å². The van der Waals surface area contributed by atoms with Crippen LogP contribution in [0.5, 0.6) is 0 Å². The number of para-hydroxylation sites is 2. The third-order valence-electron chi connectivity index (χ3n) is 8.07. The van der Waals surface area contributed by atoms with Crippen LogP contribution in [-0.4, -0.2) is 15.0 Å². The van der Waals surface area contributed by atoms with Crippen LogP contribution in [0.2, 0.25) is 0 Å². The first-order valence-electron chi connectivity index (χ1n) is 14.5. The van der Waals surface area contributed by atoms with Crippen molar-refractivity contribution >= 4 is 49.8 Å². The Kier molecular flexibility index (Phi) is 5.97. The molecule has 4 nitrogen and oxygen atoms in total. The molecule has 8 rings (SSSR count). The third kappa shape index (κ3) is 4.41. The third-order valence-corrected chi connectivity index (χ3v) is 8.07. The van der Waals surface area contributed by atoms with Gasteiger partial charge in [0.1, 0.15) is 5.82 Å². The number of rotatable bonds is 5. The number of aryl methyl sites for hydroxylation is 1. The van der Waals surface area contributed by atoms with E-state index in [0.717, 1.165) is 56.3 Å². The first-order valence-corrected chi connectivity index (χ1v) is 14.5. The largest absolute Gasteiger partial charge is 0.354 e.